The summed E-state index contributed by atoms with van der Waals surface area (Å²) < 4.78 is 42.5. The standard InChI is InChI=1S/C11H16ClF3N4O2S/c1-2-21-8(20)5-18-10(22)19(16)9-7(12)3-6(4-17-9)11(13,14)15/h3-4,8,10,18,20,22H,2,5,16H2,1H3/t8-,10-/m0/s1. The highest BCUT2D eigenvalue weighted by Gasteiger charge is 2.32. The lowest BCUT2D eigenvalue weighted by atomic mass is 10.3. The quantitative estimate of drug-likeness (QED) is 0.256. The molecule has 1 aromatic heterocycles. The fourth-order valence-electron chi connectivity index (χ4n) is 1.45. The van der Waals surface area contributed by atoms with Crippen LogP contribution in [0.4, 0.5) is 19.0 Å². The molecular formula is C11H16ClF3N4O2S. The predicted octanol–water partition coefficient (Wildman–Crippen LogP) is 1.59. The molecule has 0 unspecified atom stereocenters. The average Bonchev–Trinajstić information content (AvgIpc) is 2.43. The summed E-state index contributed by atoms with van der Waals surface area (Å²) >= 11 is 9.88. The van der Waals surface area contributed by atoms with Gasteiger partial charge in [0.2, 0.25) is 0 Å². The largest absolute Gasteiger partial charge is 0.417 e. The summed E-state index contributed by atoms with van der Waals surface area (Å²) in [4.78, 5) is 3.60. The van der Waals surface area contributed by atoms with Crippen LogP contribution < -0.4 is 16.2 Å². The van der Waals surface area contributed by atoms with Gasteiger partial charge in [0.1, 0.15) is 5.50 Å². The van der Waals surface area contributed by atoms with E-state index >= 15 is 0 Å². The van der Waals surface area contributed by atoms with E-state index in [2.05, 4.69) is 22.9 Å². The molecule has 0 bridgehead atoms. The van der Waals surface area contributed by atoms with Crippen molar-refractivity contribution in [2.24, 2.45) is 5.84 Å². The van der Waals surface area contributed by atoms with Crippen LogP contribution in [0.2, 0.25) is 5.02 Å². The van der Waals surface area contributed by atoms with Crippen LogP contribution in [-0.2, 0) is 10.9 Å². The summed E-state index contributed by atoms with van der Waals surface area (Å²) in [6.45, 7) is 2.04. The second kappa shape index (κ2) is 8.18. The third-order valence-corrected chi connectivity index (χ3v) is 3.20. The van der Waals surface area contributed by atoms with Crippen LogP contribution >= 0.6 is 24.2 Å². The molecule has 2 atom stereocenters. The number of nitrogens with one attached hydrogen (secondary N) is 1. The molecule has 0 aromatic carbocycles. The van der Waals surface area contributed by atoms with Gasteiger partial charge in [0.25, 0.3) is 0 Å². The van der Waals surface area contributed by atoms with Crippen LogP contribution in [0, 0.1) is 0 Å². The minimum absolute atomic E-state index is 0.00790. The number of nitrogens with two attached hydrogens (primary N) is 1. The van der Waals surface area contributed by atoms with Crippen LogP contribution in [0.3, 0.4) is 0 Å². The Morgan fingerprint density at radius 3 is 2.73 bits per heavy atom. The maximum absolute atomic E-state index is 12.5. The molecule has 126 valence electrons. The average molecular weight is 361 g/mol. The lowest BCUT2D eigenvalue weighted by Crippen LogP contribution is -2.49. The number of ether oxygens (including phenoxy) is 1. The fraction of sp³-hybridized carbons (Fsp3) is 0.545. The van der Waals surface area contributed by atoms with Crippen molar-refractivity contribution >= 4 is 30.0 Å². The first-order valence-corrected chi connectivity index (χ1v) is 7.04. The number of nitrogens with zero attached hydrogens (tertiary/aromatic N) is 2. The summed E-state index contributed by atoms with van der Waals surface area (Å²) in [6.07, 6.45) is -4.99. The Kier molecular flexibility index (Phi) is 7.16. The molecule has 22 heavy (non-hydrogen) atoms. The zero-order valence-corrected chi connectivity index (χ0v) is 13.2. The van der Waals surface area contributed by atoms with Crippen LogP contribution in [0.25, 0.3) is 0 Å². The molecule has 11 heteroatoms. The second-order valence-electron chi connectivity index (χ2n) is 4.13. The van der Waals surface area contributed by atoms with E-state index in [1.54, 1.807) is 6.92 Å². The molecule has 0 saturated carbocycles. The van der Waals surface area contributed by atoms with E-state index in [9.17, 15) is 18.3 Å². The zero-order valence-electron chi connectivity index (χ0n) is 11.5. The van der Waals surface area contributed by atoms with Crippen molar-refractivity contribution in [3.05, 3.63) is 22.8 Å². The Hall–Kier alpha value is -0.780. The van der Waals surface area contributed by atoms with Crippen molar-refractivity contribution in [2.45, 2.75) is 24.9 Å². The van der Waals surface area contributed by atoms with Gasteiger partial charge in [0, 0.05) is 19.3 Å². The van der Waals surface area contributed by atoms with Gasteiger partial charge in [0.05, 0.1) is 10.6 Å². The molecular weight excluding hydrogens is 345 g/mol. The third-order valence-electron chi connectivity index (χ3n) is 2.49. The second-order valence-corrected chi connectivity index (χ2v) is 5.02. The van der Waals surface area contributed by atoms with Gasteiger partial charge in [-0.1, -0.05) is 11.6 Å². The highest BCUT2D eigenvalue weighted by atomic mass is 35.5. The number of hydrogen-bond donors (Lipinski definition) is 4. The smallest absolute Gasteiger partial charge is 0.367 e. The Labute approximate surface area is 135 Å². The first kappa shape index (κ1) is 19.3. The van der Waals surface area contributed by atoms with Gasteiger partial charge in [-0.15, -0.1) is 12.6 Å². The number of anilines is 1. The van der Waals surface area contributed by atoms with Crippen LogP contribution in [0.1, 0.15) is 12.5 Å². The van der Waals surface area contributed by atoms with Crippen LogP contribution in [-0.4, -0.2) is 35.0 Å². The number of aliphatic hydroxyl groups excluding tert-OH is 1. The Morgan fingerprint density at radius 1 is 1.59 bits per heavy atom. The summed E-state index contributed by atoms with van der Waals surface area (Å²) in [5, 5.41) is 12.8. The zero-order chi connectivity index (χ0) is 16.9. The maximum atomic E-state index is 12.5. The molecule has 0 aliphatic heterocycles. The topological polar surface area (TPSA) is 83.6 Å². The minimum Gasteiger partial charge on any atom is -0.367 e. The molecule has 0 aliphatic rings. The van der Waals surface area contributed by atoms with E-state index in [4.69, 9.17) is 22.2 Å². The van der Waals surface area contributed by atoms with E-state index < -0.39 is 23.5 Å². The van der Waals surface area contributed by atoms with Gasteiger partial charge >= 0.3 is 6.18 Å². The number of aromatic nitrogens is 1. The predicted molar refractivity (Wildman–Crippen MR) is 79.3 cm³/mol. The van der Waals surface area contributed by atoms with E-state index in [1.165, 1.54) is 0 Å². The van der Waals surface area contributed by atoms with Crippen molar-refractivity contribution in [1.29, 1.82) is 0 Å². The third kappa shape index (κ3) is 5.45. The highest BCUT2D eigenvalue weighted by Crippen LogP contribution is 2.33. The van der Waals surface area contributed by atoms with Crippen molar-refractivity contribution in [2.75, 3.05) is 18.2 Å². The first-order chi connectivity index (χ1) is 10.2. The van der Waals surface area contributed by atoms with E-state index in [0.29, 0.717) is 12.8 Å². The fourth-order valence-corrected chi connectivity index (χ4v) is 1.93. The lowest BCUT2D eigenvalue weighted by molar-refractivity contribution is -0.137. The van der Waals surface area contributed by atoms with E-state index in [-0.39, 0.29) is 17.4 Å². The van der Waals surface area contributed by atoms with Gasteiger partial charge in [-0.2, -0.15) is 13.2 Å². The summed E-state index contributed by atoms with van der Waals surface area (Å²) in [5.74, 6) is 5.61. The number of hydrazine groups is 1. The van der Waals surface area contributed by atoms with Gasteiger partial charge in [0.15, 0.2) is 12.1 Å². The molecule has 1 heterocycles. The Balaban J connectivity index is 2.74. The Morgan fingerprint density at radius 2 is 2.23 bits per heavy atom. The van der Waals surface area contributed by atoms with Gasteiger partial charge in [-0.05, 0) is 13.0 Å². The molecule has 0 aliphatic carbocycles. The molecule has 0 fully saturated rings. The number of hydrogen-bond acceptors (Lipinski definition) is 7. The van der Waals surface area contributed by atoms with Gasteiger partial charge in [-0.25, -0.2) is 10.8 Å². The van der Waals surface area contributed by atoms with Crippen LogP contribution in [0.5, 0.6) is 0 Å². The monoisotopic (exact) mass is 360 g/mol. The van der Waals surface area contributed by atoms with E-state index in [0.717, 1.165) is 11.1 Å². The maximum Gasteiger partial charge on any atom is 0.417 e. The normalized spacial score (nSPS) is 14.7. The molecule has 1 aromatic rings. The molecule has 1 rings (SSSR count). The number of rotatable bonds is 7. The number of alkyl halides is 3. The molecule has 0 spiro atoms. The van der Waals surface area contributed by atoms with Crippen molar-refractivity contribution < 1.29 is 23.0 Å². The highest BCUT2D eigenvalue weighted by molar-refractivity contribution is 7.81. The summed E-state index contributed by atoms with van der Waals surface area (Å²) in [7, 11) is 0. The number of pyridine rings is 1. The SMILES string of the molecule is CCO[C@H](O)CN[C@H](S)N(N)c1ncc(C(F)(F)F)cc1Cl. The van der Waals surface area contributed by atoms with Crippen molar-refractivity contribution in [1.82, 2.24) is 10.3 Å². The number of thiol groups is 1. The molecule has 0 radical (unpaired) electrons. The van der Waals surface area contributed by atoms with Gasteiger partial charge < -0.3 is 9.84 Å². The molecule has 0 saturated heterocycles. The first-order valence-electron chi connectivity index (χ1n) is 6.14. The summed E-state index contributed by atoms with van der Waals surface area (Å²) in [5.41, 5.74) is -1.83. The van der Waals surface area contributed by atoms with Crippen molar-refractivity contribution in [3.8, 4) is 0 Å². The molecule has 4 N–H and O–H groups in total. The summed E-state index contributed by atoms with van der Waals surface area (Å²) in [6, 6.07) is 0.722. The lowest BCUT2D eigenvalue weighted by Gasteiger charge is -2.27. The number of halogens is 4. The molecule has 6 nitrogen and oxygen atoms in total. The minimum atomic E-state index is -4.55. The van der Waals surface area contributed by atoms with Crippen molar-refractivity contribution in [3.63, 3.8) is 0 Å². The molecule has 0 amide bonds. The van der Waals surface area contributed by atoms with Gasteiger partial charge in [-0.3, -0.25) is 10.3 Å². The number of aliphatic hydroxyl groups is 1. The van der Waals surface area contributed by atoms with Crippen LogP contribution in [0.15, 0.2) is 12.3 Å². The van der Waals surface area contributed by atoms with E-state index in [1.807, 2.05) is 0 Å². The Bertz CT molecular complexity index is 495.